The zero-order valence-corrected chi connectivity index (χ0v) is 13.1. The van der Waals surface area contributed by atoms with Crippen molar-refractivity contribution in [1.82, 2.24) is 0 Å². The predicted molar refractivity (Wildman–Crippen MR) is 91.3 cm³/mol. The van der Waals surface area contributed by atoms with Crippen molar-refractivity contribution in [3.8, 4) is 0 Å². The lowest BCUT2D eigenvalue weighted by molar-refractivity contribution is 0.233. The fraction of sp³-hybridized carbons (Fsp3) is 1.00. The van der Waals surface area contributed by atoms with Crippen molar-refractivity contribution in [2.45, 2.75) is 95.9 Å². The van der Waals surface area contributed by atoms with E-state index in [1.807, 2.05) is 41.5 Å². The lowest BCUT2D eigenvalue weighted by Crippen LogP contribution is -2.18. The minimum atomic E-state index is 0. The van der Waals surface area contributed by atoms with E-state index in [-0.39, 0.29) is 14.9 Å². The highest BCUT2D eigenvalue weighted by Crippen LogP contribution is 2.52. The van der Waals surface area contributed by atoms with E-state index in [4.69, 9.17) is 0 Å². The zero-order valence-electron chi connectivity index (χ0n) is 13.1. The third kappa shape index (κ3) is 6.81. The quantitative estimate of drug-likeness (QED) is 0.460. The first kappa shape index (κ1) is 26.5. The van der Waals surface area contributed by atoms with Crippen LogP contribution in [0, 0.1) is 23.7 Å². The molecule has 0 aromatic rings. The number of rotatable bonds is 1. The molecule has 0 spiro atoms. The molecule has 0 N–H and O–H groups in total. The Balaban J connectivity index is -0.000000109. The zero-order chi connectivity index (χ0) is 13.1. The summed E-state index contributed by atoms with van der Waals surface area (Å²) in [5.74, 6) is 4.41. The van der Waals surface area contributed by atoms with Gasteiger partial charge in [-0.15, -0.1) is 0 Å². The first-order chi connectivity index (χ1) is 7.83. The summed E-state index contributed by atoms with van der Waals surface area (Å²) < 4.78 is 0. The van der Waals surface area contributed by atoms with Crippen LogP contribution in [0.15, 0.2) is 0 Å². The van der Waals surface area contributed by atoms with Crippen LogP contribution in [0.5, 0.6) is 0 Å². The summed E-state index contributed by atoms with van der Waals surface area (Å²) in [6.45, 7) is 16.8. The Hall–Kier alpha value is 0. The maximum absolute atomic E-state index is 2.47. The largest absolute Gasteiger partial charge is 0.0776 e. The Morgan fingerprint density at radius 3 is 1.39 bits per heavy atom. The summed E-state index contributed by atoms with van der Waals surface area (Å²) in [7, 11) is 0. The second kappa shape index (κ2) is 17.0. The molecule has 0 heteroatoms. The van der Waals surface area contributed by atoms with Crippen molar-refractivity contribution in [2.24, 2.45) is 23.7 Å². The van der Waals surface area contributed by atoms with E-state index in [9.17, 15) is 0 Å². The van der Waals surface area contributed by atoms with E-state index in [1.54, 1.807) is 19.3 Å². The first-order valence-electron chi connectivity index (χ1n) is 7.83. The van der Waals surface area contributed by atoms with Gasteiger partial charge in [-0.1, -0.05) is 76.7 Å². The van der Waals surface area contributed by atoms with Crippen LogP contribution < -0.4 is 0 Å². The molecule has 2 saturated carbocycles. The van der Waals surface area contributed by atoms with Crippen LogP contribution >= 0.6 is 0 Å². The molecule has 2 fully saturated rings. The molecule has 2 aliphatic carbocycles. The average Bonchev–Trinajstić information content (AvgIpc) is 2.97. The van der Waals surface area contributed by atoms with Gasteiger partial charge in [0.1, 0.15) is 0 Å². The molecule has 4 atom stereocenters. The predicted octanol–water partition coefficient (Wildman–Crippen LogP) is 7.43. The van der Waals surface area contributed by atoms with Gasteiger partial charge in [-0.3, -0.25) is 0 Å². The van der Waals surface area contributed by atoms with E-state index in [1.165, 1.54) is 6.42 Å². The number of fused-ring (bicyclic) bond motifs is 2. The van der Waals surface area contributed by atoms with Gasteiger partial charge in [-0.05, 0) is 42.9 Å². The molecular weight excluding hydrogens is 216 g/mol. The number of hydrogen-bond donors (Lipinski definition) is 0. The van der Waals surface area contributed by atoms with Gasteiger partial charge in [0.25, 0.3) is 0 Å². The molecule has 0 aromatic carbocycles. The molecule has 0 amide bonds. The Kier molecular flexibility index (Phi) is 25.1. The van der Waals surface area contributed by atoms with E-state index < -0.39 is 0 Å². The van der Waals surface area contributed by atoms with Gasteiger partial charge >= 0.3 is 0 Å². The van der Waals surface area contributed by atoms with Gasteiger partial charge in [-0.2, -0.15) is 0 Å². The smallest absolute Gasteiger partial charge is 0.0360 e. The van der Waals surface area contributed by atoms with Crippen molar-refractivity contribution in [2.75, 3.05) is 0 Å². The summed E-state index contributed by atoms with van der Waals surface area (Å²) in [6.07, 6.45) is 6.10. The van der Waals surface area contributed by atoms with Gasteiger partial charge in [0.05, 0.1) is 0 Å². The molecule has 2 aliphatic rings. The molecule has 0 heterocycles. The molecule has 0 saturated heterocycles. The van der Waals surface area contributed by atoms with Crippen LogP contribution in [0.2, 0.25) is 0 Å². The van der Waals surface area contributed by atoms with Crippen LogP contribution in [0.25, 0.3) is 0 Å². The van der Waals surface area contributed by atoms with Crippen molar-refractivity contribution < 1.29 is 0 Å². The second-order valence-electron chi connectivity index (χ2n) is 4.26. The van der Waals surface area contributed by atoms with Crippen molar-refractivity contribution >= 4 is 0 Å². The normalized spacial score (nSPS) is 30.0. The molecule has 0 aromatic heterocycles. The van der Waals surface area contributed by atoms with Crippen molar-refractivity contribution in [1.29, 1.82) is 0 Å². The van der Waals surface area contributed by atoms with Crippen LogP contribution in [0.3, 0.4) is 0 Å². The Labute approximate surface area is 120 Å². The number of hydrogen-bond acceptors (Lipinski definition) is 0. The average molecular weight is 261 g/mol. The summed E-state index contributed by atoms with van der Waals surface area (Å²) in [4.78, 5) is 0. The van der Waals surface area contributed by atoms with Crippen molar-refractivity contribution in [3.63, 3.8) is 0 Å². The summed E-state index contributed by atoms with van der Waals surface area (Å²) in [6, 6.07) is 0. The van der Waals surface area contributed by atoms with Crippen LogP contribution in [-0.4, -0.2) is 0 Å². The van der Waals surface area contributed by atoms with Crippen molar-refractivity contribution in [3.05, 3.63) is 0 Å². The fourth-order valence-electron chi connectivity index (χ4n) is 3.40. The van der Waals surface area contributed by atoms with Gasteiger partial charge in [0, 0.05) is 0 Å². The highest BCUT2D eigenvalue weighted by Gasteiger charge is 2.43. The van der Waals surface area contributed by atoms with Gasteiger partial charge < -0.3 is 0 Å². The third-order valence-electron chi connectivity index (χ3n) is 4.01. The fourth-order valence-corrected chi connectivity index (χ4v) is 3.40. The standard InChI is InChI=1S/C10H18.3C2H6.2CH4/c1-3-10-7(2)8-4-5-9(10)6-8;3*1-2;;/h7-10H,3-6H2,1-2H3;3*1-2H3;2*1H4. The lowest BCUT2D eigenvalue weighted by atomic mass is 9.79. The highest BCUT2D eigenvalue weighted by atomic mass is 14.5. The lowest BCUT2D eigenvalue weighted by Gasteiger charge is -2.26. The molecule has 18 heavy (non-hydrogen) atoms. The SMILES string of the molecule is C.C.CC.CC.CC.CCC1C2CCC(C2)C1C. The van der Waals surface area contributed by atoms with E-state index >= 15 is 0 Å². The van der Waals surface area contributed by atoms with Crippen LogP contribution in [0.1, 0.15) is 95.9 Å². The molecule has 116 valence electrons. The second-order valence-corrected chi connectivity index (χ2v) is 4.26. The minimum Gasteiger partial charge on any atom is -0.0776 e. The van der Waals surface area contributed by atoms with E-state index in [0.29, 0.717) is 0 Å². The third-order valence-corrected chi connectivity index (χ3v) is 4.01. The topological polar surface area (TPSA) is 0 Å². The molecule has 0 aliphatic heterocycles. The van der Waals surface area contributed by atoms with Gasteiger partial charge in [0.15, 0.2) is 0 Å². The van der Waals surface area contributed by atoms with Crippen LogP contribution in [-0.2, 0) is 0 Å². The molecular formula is C18H44. The molecule has 2 bridgehead atoms. The Bertz CT molecular complexity index is 126. The maximum Gasteiger partial charge on any atom is -0.0360 e. The Morgan fingerprint density at radius 2 is 1.17 bits per heavy atom. The van der Waals surface area contributed by atoms with Gasteiger partial charge in [-0.25, -0.2) is 0 Å². The monoisotopic (exact) mass is 260 g/mol. The Morgan fingerprint density at radius 1 is 0.778 bits per heavy atom. The summed E-state index contributed by atoms with van der Waals surface area (Å²) in [5.41, 5.74) is 0. The van der Waals surface area contributed by atoms with Crippen LogP contribution in [0.4, 0.5) is 0 Å². The van der Waals surface area contributed by atoms with E-state index in [0.717, 1.165) is 23.7 Å². The summed E-state index contributed by atoms with van der Waals surface area (Å²) in [5, 5.41) is 0. The molecule has 2 rings (SSSR count). The molecule has 0 nitrogen and oxygen atoms in total. The molecule has 0 radical (unpaired) electrons. The highest BCUT2D eigenvalue weighted by molar-refractivity contribution is 4.93. The van der Waals surface area contributed by atoms with Gasteiger partial charge in [0.2, 0.25) is 0 Å². The first-order valence-corrected chi connectivity index (χ1v) is 7.83. The van der Waals surface area contributed by atoms with E-state index in [2.05, 4.69) is 13.8 Å². The minimum absolute atomic E-state index is 0. The summed E-state index contributed by atoms with van der Waals surface area (Å²) >= 11 is 0. The maximum atomic E-state index is 2.47. The molecule has 4 unspecified atom stereocenters.